The van der Waals surface area contributed by atoms with Gasteiger partial charge in [0.05, 0.1) is 16.1 Å². The van der Waals surface area contributed by atoms with E-state index in [0.717, 1.165) is 46.0 Å². The first-order valence-electron chi connectivity index (χ1n) is 7.18. The van der Waals surface area contributed by atoms with Gasteiger partial charge in [-0.3, -0.25) is 0 Å². The number of hydrogen-bond acceptors (Lipinski definition) is 2. The standard InChI is InChI=1S/C17H18ClN3/c1-2-9-21-16-14(18)7-4-8-15(16)20-17(21)13-6-3-5-12(10-13)11-19/h3-8,10H,2,9,11,19H2,1H3. The lowest BCUT2D eigenvalue weighted by molar-refractivity contribution is 0.704. The van der Waals surface area contributed by atoms with Gasteiger partial charge < -0.3 is 10.3 Å². The predicted molar refractivity (Wildman–Crippen MR) is 88.4 cm³/mol. The van der Waals surface area contributed by atoms with Crippen molar-refractivity contribution in [3.05, 3.63) is 53.1 Å². The van der Waals surface area contributed by atoms with Gasteiger partial charge in [-0.25, -0.2) is 4.98 Å². The number of nitrogens with zero attached hydrogens (tertiary/aromatic N) is 2. The third-order valence-corrected chi connectivity index (χ3v) is 3.89. The van der Waals surface area contributed by atoms with Crippen LogP contribution in [-0.4, -0.2) is 9.55 Å². The number of rotatable bonds is 4. The fraction of sp³-hybridized carbons (Fsp3) is 0.235. The summed E-state index contributed by atoms with van der Waals surface area (Å²) < 4.78 is 2.20. The second kappa shape index (κ2) is 5.88. The molecule has 0 atom stereocenters. The average Bonchev–Trinajstić information content (AvgIpc) is 2.88. The highest BCUT2D eigenvalue weighted by Crippen LogP contribution is 2.30. The summed E-state index contributed by atoms with van der Waals surface area (Å²) in [5.41, 5.74) is 9.87. The monoisotopic (exact) mass is 299 g/mol. The van der Waals surface area contributed by atoms with Crippen LogP contribution in [-0.2, 0) is 13.1 Å². The summed E-state index contributed by atoms with van der Waals surface area (Å²) in [7, 11) is 0. The highest BCUT2D eigenvalue weighted by Gasteiger charge is 2.14. The smallest absolute Gasteiger partial charge is 0.141 e. The molecule has 0 unspecified atom stereocenters. The summed E-state index contributed by atoms with van der Waals surface area (Å²) >= 11 is 6.38. The van der Waals surface area contributed by atoms with Crippen LogP contribution in [0.2, 0.25) is 5.02 Å². The molecule has 2 N–H and O–H groups in total. The zero-order chi connectivity index (χ0) is 14.8. The van der Waals surface area contributed by atoms with Gasteiger partial charge in [0.25, 0.3) is 0 Å². The first kappa shape index (κ1) is 14.1. The Bertz CT molecular complexity index is 777. The number of para-hydroxylation sites is 1. The van der Waals surface area contributed by atoms with E-state index in [1.165, 1.54) is 0 Å². The Labute approximate surface area is 129 Å². The number of nitrogens with two attached hydrogens (primary N) is 1. The maximum absolute atomic E-state index is 6.38. The van der Waals surface area contributed by atoms with Gasteiger partial charge >= 0.3 is 0 Å². The van der Waals surface area contributed by atoms with E-state index in [4.69, 9.17) is 22.3 Å². The molecule has 3 nitrogen and oxygen atoms in total. The van der Waals surface area contributed by atoms with E-state index >= 15 is 0 Å². The van der Waals surface area contributed by atoms with E-state index in [1.807, 2.05) is 30.3 Å². The second-order valence-electron chi connectivity index (χ2n) is 5.10. The van der Waals surface area contributed by atoms with E-state index in [-0.39, 0.29) is 0 Å². The summed E-state index contributed by atoms with van der Waals surface area (Å²) in [6.45, 7) is 3.58. The molecule has 2 aromatic carbocycles. The lowest BCUT2D eigenvalue weighted by Crippen LogP contribution is -2.01. The molecule has 21 heavy (non-hydrogen) atoms. The van der Waals surface area contributed by atoms with Crippen LogP contribution in [0, 0.1) is 0 Å². The molecular weight excluding hydrogens is 282 g/mol. The van der Waals surface area contributed by atoms with Crippen LogP contribution in [0.3, 0.4) is 0 Å². The molecule has 3 aromatic rings. The van der Waals surface area contributed by atoms with Crippen LogP contribution in [0.25, 0.3) is 22.4 Å². The Hall–Kier alpha value is -1.84. The normalized spacial score (nSPS) is 11.2. The molecule has 0 saturated carbocycles. The van der Waals surface area contributed by atoms with Crippen molar-refractivity contribution >= 4 is 22.6 Å². The van der Waals surface area contributed by atoms with Crippen molar-refractivity contribution < 1.29 is 0 Å². The van der Waals surface area contributed by atoms with Crippen LogP contribution in [0.4, 0.5) is 0 Å². The van der Waals surface area contributed by atoms with Crippen LogP contribution in [0.1, 0.15) is 18.9 Å². The van der Waals surface area contributed by atoms with Crippen molar-refractivity contribution in [1.82, 2.24) is 9.55 Å². The van der Waals surface area contributed by atoms with Crippen molar-refractivity contribution in [3.63, 3.8) is 0 Å². The summed E-state index contributed by atoms with van der Waals surface area (Å²) in [6, 6.07) is 14.1. The lowest BCUT2D eigenvalue weighted by Gasteiger charge is -2.09. The van der Waals surface area contributed by atoms with Gasteiger partial charge in [-0.05, 0) is 30.2 Å². The Kier molecular flexibility index (Phi) is 3.95. The van der Waals surface area contributed by atoms with Crippen LogP contribution in [0.15, 0.2) is 42.5 Å². The quantitative estimate of drug-likeness (QED) is 0.783. The molecule has 0 fully saturated rings. The van der Waals surface area contributed by atoms with Crippen LogP contribution < -0.4 is 5.73 Å². The third-order valence-electron chi connectivity index (χ3n) is 3.59. The van der Waals surface area contributed by atoms with Gasteiger partial charge in [-0.2, -0.15) is 0 Å². The molecule has 0 saturated heterocycles. The van der Waals surface area contributed by atoms with E-state index in [9.17, 15) is 0 Å². The zero-order valence-corrected chi connectivity index (χ0v) is 12.8. The maximum atomic E-state index is 6.38. The number of benzene rings is 2. The van der Waals surface area contributed by atoms with Crippen molar-refractivity contribution in [1.29, 1.82) is 0 Å². The first-order valence-corrected chi connectivity index (χ1v) is 7.56. The zero-order valence-electron chi connectivity index (χ0n) is 12.0. The molecule has 4 heteroatoms. The van der Waals surface area contributed by atoms with Crippen LogP contribution in [0.5, 0.6) is 0 Å². The molecule has 0 amide bonds. The van der Waals surface area contributed by atoms with E-state index < -0.39 is 0 Å². The van der Waals surface area contributed by atoms with Gasteiger partial charge in [0, 0.05) is 18.7 Å². The molecule has 1 heterocycles. The van der Waals surface area contributed by atoms with E-state index in [1.54, 1.807) is 0 Å². The molecule has 0 bridgehead atoms. The Morgan fingerprint density at radius 2 is 2.00 bits per heavy atom. The van der Waals surface area contributed by atoms with Crippen molar-refractivity contribution in [2.45, 2.75) is 26.4 Å². The largest absolute Gasteiger partial charge is 0.326 e. The minimum atomic E-state index is 0.530. The SMILES string of the molecule is CCCn1c(-c2cccc(CN)c2)nc2cccc(Cl)c21. The number of fused-ring (bicyclic) bond motifs is 1. The fourth-order valence-corrected chi connectivity index (χ4v) is 2.91. The molecular formula is C17H18ClN3. The second-order valence-corrected chi connectivity index (χ2v) is 5.51. The Morgan fingerprint density at radius 1 is 1.19 bits per heavy atom. The number of aryl methyl sites for hydroxylation is 1. The summed E-state index contributed by atoms with van der Waals surface area (Å²) in [6.07, 6.45) is 1.03. The Morgan fingerprint density at radius 3 is 2.76 bits per heavy atom. The highest BCUT2D eigenvalue weighted by molar-refractivity contribution is 6.35. The highest BCUT2D eigenvalue weighted by atomic mass is 35.5. The van der Waals surface area contributed by atoms with Gasteiger partial charge in [0.15, 0.2) is 0 Å². The van der Waals surface area contributed by atoms with E-state index in [2.05, 4.69) is 23.6 Å². The molecule has 0 aliphatic carbocycles. The molecule has 0 aliphatic heterocycles. The minimum absolute atomic E-state index is 0.530. The number of hydrogen-bond donors (Lipinski definition) is 1. The third kappa shape index (κ3) is 2.55. The van der Waals surface area contributed by atoms with Gasteiger partial charge in [-0.15, -0.1) is 0 Å². The summed E-state index contributed by atoms with van der Waals surface area (Å²) in [5, 5.41) is 0.745. The van der Waals surface area contributed by atoms with E-state index in [0.29, 0.717) is 6.54 Å². The molecule has 1 aromatic heterocycles. The molecule has 3 rings (SSSR count). The van der Waals surface area contributed by atoms with Gasteiger partial charge in [0.1, 0.15) is 5.82 Å². The maximum Gasteiger partial charge on any atom is 0.141 e. The number of aromatic nitrogens is 2. The van der Waals surface area contributed by atoms with Crippen molar-refractivity contribution in [2.75, 3.05) is 0 Å². The minimum Gasteiger partial charge on any atom is -0.326 e. The van der Waals surface area contributed by atoms with Crippen molar-refractivity contribution in [2.24, 2.45) is 5.73 Å². The molecule has 108 valence electrons. The lowest BCUT2D eigenvalue weighted by atomic mass is 10.1. The topological polar surface area (TPSA) is 43.8 Å². The van der Waals surface area contributed by atoms with Crippen LogP contribution >= 0.6 is 11.6 Å². The number of halogens is 1. The molecule has 0 radical (unpaired) electrons. The predicted octanol–water partition coefficient (Wildman–Crippen LogP) is 4.23. The average molecular weight is 300 g/mol. The molecule has 0 aliphatic rings. The fourth-order valence-electron chi connectivity index (χ4n) is 2.64. The first-order chi connectivity index (χ1) is 10.2. The van der Waals surface area contributed by atoms with Gasteiger partial charge in [0.2, 0.25) is 0 Å². The summed E-state index contributed by atoms with van der Waals surface area (Å²) in [4.78, 5) is 4.78. The number of imidazole rings is 1. The van der Waals surface area contributed by atoms with Gasteiger partial charge in [-0.1, -0.05) is 42.8 Å². The Balaban J connectivity index is 2.25. The summed E-state index contributed by atoms with van der Waals surface area (Å²) in [5.74, 6) is 0.954. The van der Waals surface area contributed by atoms with Crippen molar-refractivity contribution in [3.8, 4) is 11.4 Å². The molecule has 0 spiro atoms.